The van der Waals surface area contributed by atoms with Gasteiger partial charge in [0.25, 0.3) is 0 Å². The average Bonchev–Trinajstić information content (AvgIpc) is 3.32. The Morgan fingerprint density at radius 1 is 1.00 bits per heavy atom. The van der Waals surface area contributed by atoms with E-state index >= 15 is 0 Å². The van der Waals surface area contributed by atoms with Crippen LogP contribution in [0.2, 0.25) is 0 Å². The molecule has 6 nitrogen and oxygen atoms in total. The molecule has 2 heterocycles. The standard InChI is InChI=1S/C20H16F6N4O2S/c1-3-30-14-9-16(33(27,31)4-2)11(8-12(14)29-18(30)20(24,25)26)17-28-13-7-10(19(21,22)23)5-6-15(13)32-17/h5-9,27H,3-4H2,1-2H3. The summed E-state index contributed by atoms with van der Waals surface area (Å²) in [5, 5.41) is 0. The lowest BCUT2D eigenvalue weighted by atomic mass is 10.2. The van der Waals surface area contributed by atoms with Crippen molar-refractivity contribution in [3.8, 4) is 11.5 Å². The van der Waals surface area contributed by atoms with Crippen molar-refractivity contribution in [2.75, 3.05) is 5.75 Å². The molecule has 1 atom stereocenters. The summed E-state index contributed by atoms with van der Waals surface area (Å²) in [6.45, 7) is 2.88. The van der Waals surface area contributed by atoms with Crippen LogP contribution >= 0.6 is 0 Å². The molecule has 176 valence electrons. The molecule has 4 aromatic rings. The molecular weight excluding hydrogens is 474 g/mol. The van der Waals surface area contributed by atoms with Gasteiger partial charge in [0.15, 0.2) is 5.58 Å². The fourth-order valence-corrected chi connectivity index (χ4v) is 4.62. The second-order valence-corrected chi connectivity index (χ2v) is 9.55. The zero-order valence-electron chi connectivity index (χ0n) is 17.1. The van der Waals surface area contributed by atoms with E-state index in [-0.39, 0.29) is 50.8 Å². The molecule has 33 heavy (non-hydrogen) atoms. The molecule has 0 spiro atoms. The quantitative estimate of drug-likeness (QED) is 0.339. The summed E-state index contributed by atoms with van der Waals surface area (Å²) in [7, 11) is -3.49. The Morgan fingerprint density at radius 3 is 2.27 bits per heavy atom. The van der Waals surface area contributed by atoms with E-state index in [0.717, 1.165) is 22.8 Å². The molecule has 0 saturated carbocycles. The number of oxazole rings is 1. The molecular formula is C20H16F6N4O2S. The fraction of sp³-hybridized carbons (Fsp3) is 0.300. The normalized spacial score (nSPS) is 14.8. The third kappa shape index (κ3) is 3.94. The highest BCUT2D eigenvalue weighted by atomic mass is 32.2. The molecule has 2 aromatic carbocycles. The minimum absolute atomic E-state index is 0.00732. The number of benzene rings is 2. The van der Waals surface area contributed by atoms with Crippen LogP contribution in [-0.4, -0.2) is 24.5 Å². The summed E-state index contributed by atoms with van der Waals surface area (Å²) in [5.41, 5.74) is -1.26. The summed E-state index contributed by atoms with van der Waals surface area (Å²) < 4.78 is 107. The highest BCUT2D eigenvalue weighted by molar-refractivity contribution is 7.92. The molecule has 0 saturated heterocycles. The first-order valence-corrected chi connectivity index (χ1v) is 11.3. The van der Waals surface area contributed by atoms with Gasteiger partial charge in [-0.2, -0.15) is 26.3 Å². The first kappa shape index (κ1) is 23.1. The smallest absolute Gasteiger partial charge is 0.436 e. The van der Waals surface area contributed by atoms with Gasteiger partial charge in [0, 0.05) is 12.3 Å². The second kappa shape index (κ2) is 7.47. The van der Waals surface area contributed by atoms with E-state index in [1.54, 1.807) is 0 Å². The maximum absolute atomic E-state index is 13.5. The van der Waals surface area contributed by atoms with Crippen LogP contribution in [0.5, 0.6) is 0 Å². The molecule has 1 N–H and O–H groups in total. The maximum atomic E-state index is 13.5. The number of halogens is 6. The van der Waals surface area contributed by atoms with Crippen molar-refractivity contribution in [2.24, 2.45) is 0 Å². The van der Waals surface area contributed by atoms with Gasteiger partial charge in [0.1, 0.15) is 5.52 Å². The predicted molar refractivity (Wildman–Crippen MR) is 108 cm³/mol. The Bertz CT molecular complexity index is 1480. The summed E-state index contributed by atoms with van der Waals surface area (Å²) in [4.78, 5) is 7.56. The van der Waals surface area contributed by atoms with Gasteiger partial charge in [-0.05, 0) is 37.3 Å². The van der Waals surface area contributed by atoms with Crippen LogP contribution in [0.1, 0.15) is 25.2 Å². The Labute approximate surface area is 183 Å². The Balaban J connectivity index is 2.03. The molecule has 0 aliphatic heterocycles. The van der Waals surface area contributed by atoms with Gasteiger partial charge in [-0.15, -0.1) is 0 Å². The summed E-state index contributed by atoms with van der Waals surface area (Å²) in [6, 6.07) is 5.00. The minimum Gasteiger partial charge on any atom is -0.436 e. The van der Waals surface area contributed by atoms with Crippen molar-refractivity contribution in [1.29, 1.82) is 4.78 Å². The Morgan fingerprint density at radius 2 is 1.70 bits per heavy atom. The lowest BCUT2D eigenvalue weighted by Crippen LogP contribution is -2.14. The van der Waals surface area contributed by atoms with Crippen molar-refractivity contribution >= 4 is 31.9 Å². The van der Waals surface area contributed by atoms with E-state index in [0.29, 0.717) is 0 Å². The van der Waals surface area contributed by atoms with Crippen molar-refractivity contribution in [3.63, 3.8) is 0 Å². The van der Waals surface area contributed by atoms with Crippen LogP contribution in [0, 0.1) is 4.78 Å². The van der Waals surface area contributed by atoms with Crippen LogP contribution in [0.3, 0.4) is 0 Å². The largest absolute Gasteiger partial charge is 0.449 e. The topological polar surface area (TPSA) is 84.8 Å². The number of nitrogens with one attached hydrogen (secondary N) is 1. The second-order valence-electron chi connectivity index (χ2n) is 7.18. The molecule has 0 amide bonds. The van der Waals surface area contributed by atoms with Gasteiger partial charge >= 0.3 is 12.4 Å². The maximum Gasteiger partial charge on any atom is 0.449 e. The number of aromatic nitrogens is 3. The SMILES string of the molecule is CCn1c(C(F)(F)F)nc2cc(-c3nc4cc(C(F)(F)F)ccc4o3)c(S(=N)(=O)CC)cc21. The van der Waals surface area contributed by atoms with Gasteiger partial charge in [-0.1, -0.05) is 6.92 Å². The van der Waals surface area contributed by atoms with Crippen molar-refractivity contribution in [3.05, 3.63) is 41.7 Å². The summed E-state index contributed by atoms with van der Waals surface area (Å²) in [5.74, 6) is -1.59. The van der Waals surface area contributed by atoms with Crippen molar-refractivity contribution < 1.29 is 35.0 Å². The van der Waals surface area contributed by atoms with E-state index in [1.165, 1.54) is 26.0 Å². The predicted octanol–water partition coefficient (Wildman–Crippen LogP) is 6.33. The minimum atomic E-state index is -4.76. The summed E-state index contributed by atoms with van der Waals surface area (Å²) >= 11 is 0. The average molecular weight is 490 g/mol. The Kier molecular flexibility index (Phi) is 5.22. The van der Waals surface area contributed by atoms with E-state index in [1.807, 2.05) is 0 Å². The van der Waals surface area contributed by atoms with Gasteiger partial charge in [0.05, 0.1) is 36.8 Å². The van der Waals surface area contributed by atoms with Crippen LogP contribution < -0.4 is 0 Å². The lowest BCUT2D eigenvalue weighted by Gasteiger charge is -2.12. The first-order chi connectivity index (χ1) is 15.3. The van der Waals surface area contributed by atoms with Crippen LogP contribution in [0.4, 0.5) is 26.3 Å². The van der Waals surface area contributed by atoms with E-state index < -0.39 is 33.5 Å². The Hall–Kier alpha value is -3.09. The molecule has 2 aromatic heterocycles. The lowest BCUT2D eigenvalue weighted by molar-refractivity contribution is -0.146. The van der Waals surface area contributed by atoms with Crippen molar-refractivity contribution in [1.82, 2.24) is 14.5 Å². The molecule has 0 radical (unpaired) electrons. The van der Waals surface area contributed by atoms with Gasteiger partial charge in [0.2, 0.25) is 11.7 Å². The zero-order valence-corrected chi connectivity index (χ0v) is 18.0. The highest BCUT2D eigenvalue weighted by Gasteiger charge is 2.38. The van der Waals surface area contributed by atoms with Crippen LogP contribution in [0.15, 0.2) is 39.6 Å². The van der Waals surface area contributed by atoms with Gasteiger partial charge < -0.3 is 8.98 Å². The number of aryl methyl sites for hydroxylation is 1. The third-order valence-corrected chi connectivity index (χ3v) is 6.99. The molecule has 0 aliphatic carbocycles. The number of alkyl halides is 6. The molecule has 0 aliphatic rings. The number of nitrogens with zero attached hydrogens (tertiary/aromatic N) is 3. The van der Waals surface area contributed by atoms with E-state index in [4.69, 9.17) is 9.20 Å². The number of imidazole rings is 1. The molecule has 4 rings (SSSR count). The molecule has 0 fully saturated rings. The first-order valence-electron chi connectivity index (χ1n) is 9.62. The van der Waals surface area contributed by atoms with Gasteiger partial charge in [-0.25, -0.2) is 19.0 Å². The number of hydrogen-bond donors (Lipinski definition) is 1. The fourth-order valence-electron chi connectivity index (χ4n) is 3.50. The zero-order chi connectivity index (χ0) is 24.3. The molecule has 0 bridgehead atoms. The monoisotopic (exact) mass is 490 g/mol. The molecule has 13 heteroatoms. The van der Waals surface area contributed by atoms with Crippen LogP contribution in [0.25, 0.3) is 33.6 Å². The highest BCUT2D eigenvalue weighted by Crippen LogP contribution is 2.38. The number of rotatable bonds is 4. The number of fused-ring (bicyclic) bond motifs is 2. The van der Waals surface area contributed by atoms with E-state index in [2.05, 4.69) is 9.97 Å². The van der Waals surface area contributed by atoms with Gasteiger partial charge in [-0.3, -0.25) is 0 Å². The summed E-state index contributed by atoms with van der Waals surface area (Å²) in [6.07, 6.45) is -9.37. The third-order valence-electron chi connectivity index (χ3n) is 5.13. The van der Waals surface area contributed by atoms with E-state index in [9.17, 15) is 30.6 Å². The van der Waals surface area contributed by atoms with Crippen molar-refractivity contribution in [2.45, 2.75) is 37.6 Å². The van der Waals surface area contributed by atoms with Crippen LogP contribution in [-0.2, 0) is 28.6 Å². The number of hydrogen-bond acceptors (Lipinski definition) is 5. The molecule has 1 unspecified atom stereocenters.